The number of ether oxygens (including phenoxy) is 3. The molecule has 37 heavy (non-hydrogen) atoms. The number of hydrogen-bond donors (Lipinski definition) is 1. The van der Waals surface area contributed by atoms with Gasteiger partial charge < -0.3 is 19.9 Å². The van der Waals surface area contributed by atoms with Crippen molar-refractivity contribution in [3.05, 3.63) is 42.2 Å². The highest BCUT2D eigenvalue weighted by Gasteiger charge is 2.30. The highest BCUT2D eigenvalue weighted by Crippen LogP contribution is 2.40. The maximum Gasteiger partial charge on any atom is 0.387 e. The molecule has 0 radical (unpaired) electrons. The number of pyridine rings is 1. The van der Waals surface area contributed by atoms with Crippen molar-refractivity contribution in [2.75, 3.05) is 13.7 Å². The molecule has 198 valence electrons. The Bertz CT molecular complexity index is 1250. The zero-order valence-electron chi connectivity index (χ0n) is 21.0. The van der Waals surface area contributed by atoms with Crippen molar-refractivity contribution >= 4 is 11.4 Å². The van der Waals surface area contributed by atoms with Gasteiger partial charge in [0.2, 0.25) is 0 Å². The second kappa shape index (κ2) is 11.0. The van der Waals surface area contributed by atoms with Crippen LogP contribution in [-0.2, 0) is 0 Å². The number of carbonyl (C=O) groups is 1. The quantitative estimate of drug-likeness (QED) is 0.322. The highest BCUT2D eigenvalue weighted by molar-refractivity contribution is 6.02. The Labute approximate surface area is 214 Å². The standard InChI is InChI=1S/C28H33F2N3O4/c1-35-24-12-19(13-25(37-28(29)30)27(24)23(34)11-17-7-8-17)22-15-32-26-14-20(9-10-33(22)26)36-16-21(31)18-5-3-2-4-6-18/h9-10,12-15,17-18,21,28H,2-8,11,16,31H2,1H3/t21-/m1/s1. The Hall–Kier alpha value is -3.20. The SMILES string of the molecule is COc1cc(-c2cnc3cc(OC[C@@H](N)C4CCCCC4)ccn23)cc(OC(F)F)c1C(=O)CC1CC1. The first-order chi connectivity index (χ1) is 17.9. The summed E-state index contributed by atoms with van der Waals surface area (Å²) in [5, 5.41) is 0. The van der Waals surface area contributed by atoms with Gasteiger partial charge in [0.05, 0.1) is 19.0 Å². The van der Waals surface area contributed by atoms with Gasteiger partial charge in [-0.25, -0.2) is 4.98 Å². The first kappa shape index (κ1) is 25.4. The first-order valence-corrected chi connectivity index (χ1v) is 13.0. The fourth-order valence-corrected chi connectivity index (χ4v) is 5.20. The molecule has 0 spiro atoms. The lowest BCUT2D eigenvalue weighted by Gasteiger charge is -2.27. The van der Waals surface area contributed by atoms with Crippen molar-refractivity contribution in [3.8, 4) is 28.5 Å². The minimum Gasteiger partial charge on any atom is -0.496 e. The largest absolute Gasteiger partial charge is 0.496 e. The Balaban J connectivity index is 1.40. The van der Waals surface area contributed by atoms with E-state index in [-0.39, 0.29) is 35.3 Å². The van der Waals surface area contributed by atoms with Crippen molar-refractivity contribution in [2.45, 2.75) is 64.0 Å². The zero-order chi connectivity index (χ0) is 25.9. The van der Waals surface area contributed by atoms with Gasteiger partial charge in [0.1, 0.15) is 35.1 Å². The van der Waals surface area contributed by atoms with Gasteiger partial charge in [0.15, 0.2) is 5.78 Å². The smallest absolute Gasteiger partial charge is 0.387 e. The van der Waals surface area contributed by atoms with Crippen LogP contribution >= 0.6 is 0 Å². The van der Waals surface area contributed by atoms with Crippen molar-refractivity contribution < 1.29 is 27.8 Å². The third-order valence-corrected chi connectivity index (χ3v) is 7.43. The molecule has 1 aromatic carbocycles. The molecule has 3 aromatic rings. The van der Waals surface area contributed by atoms with E-state index in [1.807, 2.05) is 22.7 Å². The van der Waals surface area contributed by atoms with Gasteiger partial charge >= 0.3 is 6.61 Å². The van der Waals surface area contributed by atoms with Crippen LogP contribution in [0.5, 0.6) is 17.2 Å². The van der Waals surface area contributed by atoms with Crippen LogP contribution in [-0.4, -0.2) is 41.5 Å². The van der Waals surface area contributed by atoms with E-state index in [0.29, 0.717) is 41.1 Å². The van der Waals surface area contributed by atoms with Gasteiger partial charge in [-0.2, -0.15) is 8.78 Å². The van der Waals surface area contributed by atoms with E-state index >= 15 is 0 Å². The van der Waals surface area contributed by atoms with Gasteiger partial charge in [-0.3, -0.25) is 9.20 Å². The third-order valence-electron chi connectivity index (χ3n) is 7.43. The van der Waals surface area contributed by atoms with Gasteiger partial charge in [0, 0.05) is 30.3 Å². The number of halogens is 2. The molecule has 2 heterocycles. The van der Waals surface area contributed by atoms with Crippen LogP contribution in [0.3, 0.4) is 0 Å². The number of fused-ring (bicyclic) bond motifs is 1. The monoisotopic (exact) mass is 513 g/mol. The molecular weight excluding hydrogens is 480 g/mol. The van der Waals surface area contributed by atoms with E-state index in [1.54, 1.807) is 12.3 Å². The second-order valence-corrected chi connectivity index (χ2v) is 10.1. The number of hydrogen-bond acceptors (Lipinski definition) is 6. The summed E-state index contributed by atoms with van der Waals surface area (Å²) in [6.45, 7) is -2.63. The fourth-order valence-electron chi connectivity index (χ4n) is 5.20. The number of ketones is 1. The van der Waals surface area contributed by atoms with Crippen molar-refractivity contribution in [3.63, 3.8) is 0 Å². The van der Waals surface area contributed by atoms with E-state index < -0.39 is 6.61 Å². The molecule has 2 saturated carbocycles. The number of imidazole rings is 1. The summed E-state index contributed by atoms with van der Waals surface area (Å²) in [5.41, 5.74) is 8.24. The average molecular weight is 514 g/mol. The normalized spacial score (nSPS) is 17.2. The summed E-state index contributed by atoms with van der Waals surface area (Å²) < 4.78 is 44.6. The minimum atomic E-state index is -3.07. The van der Waals surface area contributed by atoms with Gasteiger partial charge in [-0.15, -0.1) is 0 Å². The van der Waals surface area contributed by atoms with Crippen LogP contribution in [0.1, 0.15) is 61.7 Å². The van der Waals surface area contributed by atoms with Crippen LogP contribution < -0.4 is 19.9 Å². The molecule has 7 nitrogen and oxygen atoms in total. The first-order valence-electron chi connectivity index (χ1n) is 13.0. The highest BCUT2D eigenvalue weighted by atomic mass is 19.3. The number of carbonyl (C=O) groups excluding carboxylic acids is 1. The Morgan fingerprint density at radius 3 is 2.59 bits per heavy atom. The molecule has 2 aliphatic rings. The molecule has 0 bridgehead atoms. The van der Waals surface area contributed by atoms with E-state index in [1.165, 1.54) is 32.4 Å². The van der Waals surface area contributed by atoms with E-state index in [9.17, 15) is 13.6 Å². The maximum absolute atomic E-state index is 13.3. The third kappa shape index (κ3) is 5.87. The molecule has 1 atom stereocenters. The molecule has 2 aliphatic carbocycles. The van der Waals surface area contributed by atoms with Crippen molar-refractivity contribution in [1.29, 1.82) is 0 Å². The van der Waals surface area contributed by atoms with Crippen LogP contribution in [0.4, 0.5) is 8.78 Å². The van der Waals surface area contributed by atoms with Gasteiger partial charge in [-0.05, 0) is 55.7 Å². The van der Waals surface area contributed by atoms with Gasteiger partial charge in [0.25, 0.3) is 0 Å². The predicted octanol–water partition coefficient (Wildman–Crippen LogP) is 5.88. The lowest BCUT2D eigenvalue weighted by molar-refractivity contribution is -0.0502. The van der Waals surface area contributed by atoms with Gasteiger partial charge in [-0.1, -0.05) is 19.3 Å². The lowest BCUT2D eigenvalue weighted by atomic mass is 9.84. The van der Waals surface area contributed by atoms with Crippen molar-refractivity contribution in [1.82, 2.24) is 9.38 Å². The summed E-state index contributed by atoms with van der Waals surface area (Å²) in [4.78, 5) is 17.4. The molecule has 9 heteroatoms. The number of Topliss-reactive ketones (excluding diaryl/α,β-unsaturated/α-hetero) is 1. The molecule has 0 aliphatic heterocycles. The zero-order valence-corrected chi connectivity index (χ0v) is 21.0. The number of benzene rings is 1. The van der Waals surface area contributed by atoms with Crippen LogP contribution in [0.2, 0.25) is 0 Å². The molecular formula is C28H33F2N3O4. The Morgan fingerprint density at radius 2 is 1.89 bits per heavy atom. The Kier molecular flexibility index (Phi) is 7.60. The minimum absolute atomic E-state index is 0.00584. The summed E-state index contributed by atoms with van der Waals surface area (Å²) >= 11 is 0. The van der Waals surface area contributed by atoms with Crippen LogP contribution in [0.15, 0.2) is 36.7 Å². The average Bonchev–Trinajstić information content (AvgIpc) is 3.61. The molecule has 0 amide bonds. The summed E-state index contributed by atoms with van der Waals surface area (Å²) in [5.74, 6) is 1.20. The fraction of sp³-hybridized carbons (Fsp3) is 0.500. The van der Waals surface area contributed by atoms with E-state index in [4.69, 9.17) is 19.9 Å². The number of methoxy groups -OCH3 is 1. The maximum atomic E-state index is 13.3. The summed E-state index contributed by atoms with van der Waals surface area (Å²) in [6.07, 6.45) is 11.7. The van der Waals surface area contributed by atoms with Crippen molar-refractivity contribution in [2.24, 2.45) is 17.6 Å². The predicted molar refractivity (Wildman–Crippen MR) is 136 cm³/mol. The van der Waals surface area contributed by atoms with E-state index in [0.717, 1.165) is 25.7 Å². The molecule has 5 rings (SSSR count). The number of aromatic nitrogens is 2. The molecule has 0 unspecified atom stereocenters. The Morgan fingerprint density at radius 1 is 1.14 bits per heavy atom. The molecule has 2 aromatic heterocycles. The van der Waals surface area contributed by atoms with Crippen LogP contribution in [0.25, 0.3) is 16.9 Å². The molecule has 2 fully saturated rings. The summed E-state index contributed by atoms with van der Waals surface area (Å²) in [7, 11) is 1.41. The van der Waals surface area contributed by atoms with Crippen LogP contribution in [0, 0.1) is 11.8 Å². The van der Waals surface area contributed by atoms with E-state index in [2.05, 4.69) is 4.98 Å². The number of nitrogens with zero attached hydrogens (tertiary/aromatic N) is 2. The molecule has 0 saturated heterocycles. The molecule has 2 N–H and O–H groups in total. The number of alkyl halides is 2. The number of nitrogens with two attached hydrogens (primary N) is 1. The summed E-state index contributed by atoms with van der Waals surface area (Å²) in [6, 6.07) is 6.75. The topological polar surface area (TPSA) is 88.1 Å². The lowest BCUT2D eigenvalue weighted by Crippen LogP contribution is -2.37. The second-order valence-electron chi connectivity index (χ2n) is 10.1. The number of rotatable bonds is 11.